The van der Waals surface area contributed by atoms with Crippen LogP contribution in [0.15, 0.2) is 40.6 Å². The van der Waals surface area contributed by atoms with Gasteiger partial charge in [-0.25, -0.2) is 17.5 Å². The number of thiophene rings is 1. The van der Waals surface area contributed by atoms with Crippen molar-refractivity contribution in [2.45, 2.75) is 31.7 Å². The van der Waals surface area contributed by atoms with Crippen molar-refractivity contribution in [1.29, 1.82) is 0 Å². The highest BCUT2D eigenvalue weighted by Gasteiger charge is 2.30. The molecule has 0 saturated heterocycles. The number of halogens is 1. The van der Waals surface area contributed by atoms with Crippen LogP contribution in [-0.4, -0.2) is 21.4 Å². The van der Waals surface area contributed by atoms with E-state index in [1.54, 1.807) is 0 Å². The third-order valence-corrected chi connectivity index (χ3v) is 6.08. The van der Waals surface area contributed by atoms with Crippen molar-refractivity contribution in [3.8, 4) is 0 Å². The van der Waals surface area contributed by atoms with Crippen molar-refractivity contribution < 1.29 is 17.6 Å². The van der Waals surface area contributed by atoms with Crippen LogP contribution in [0.3, 0.4) is 0 Å². The van der Waals surface area contributed by atoms with E-state index in [-0.39, 0.29) is 21.9 Å². The van der Waals surface area contributed by atoms with Gasteiger partial charge in [-0.2, -0.15) is 0 Å². The van der Waals surface area contributed by atoms with E-state index >= 15 is 0 Å². The Bertz CT molecular complexity index is 857. The Morgan fingerprint density at radius 1 is 1.24 bits per heavy atom. The number of hydrogen-bond donors (Lipinski definition) is 2. The molecule has 2 N–H and O–H groups in total. The minimum Gasteiger partial charge on any atom is -0.344 e. The van der Waals surface area contributed by atoms with Gasteiger partial charge in [0, 0.05) is 4.88 Å². The average Bonchev–Trinajstić information content (AvgIpc) is 3.05. The molecular formula is C17H21FN2O3S2. The molecule has 2 aromatic rings. The molecule has 0 spiro atoms. The summed E-state index contributed by atoms with van der Waals surface area (Å²) in [6.45, 7) is 5.90. The van der Waals surface area contributed by atoms with Gasteiger partial charge in [0.1, 0.15) is 5.82 Å². The molecule has 0 aliphatic rings. The van der Waals surface area contributed by atoms with Gasteiger partial charge in [-0.15, -0.1) is 11.3 Å². The predicted octanol–water partition coefficient (Wildman–Crippen LogP) is 3.31. The Morgan fingerprint density at radius 3 is 2.44 bits per heavy atom. The molecule has 1 aromatic carbocycles. The second-order valence-corrected chi connectivity index (χ2v) is 9.50. The molecule has 0 saturated carbocycles. The number of rotatable bonds is 5. The van der Waals surface area contributed by atoms with Crippen LogP contribution >= 0.6 is 11.3 Å². The first kappa shape index (κ1) is 19.6. The molecule has 1 unspecified atom stereocenters. The van der Waals surface area contributed by atoms with Crippen LogP contribution in [0.5, 0.6) is 0 Å². The first-order chi connectivity index (χ1) is 11.6. The smallest absolute Gasteiger partial charge is 0.254 e. The van der Waals surface area contributed by atoms with Gasteiger partial charge in [0.15, 0.2) is 0 Å². The Balaban J connectivity index is 2.38. The number of hydrogen-bond acceptors (Lipinski definition) is 4. The summed E-state index contributed by atoms with van der Waals surface area (Å²) in [7, 11) is -2.51. The van der Waals surface area contributed by atoms with Gasteiger partial charge in [0.2, 0.25) is 10.0 Å². The van der Waals surface area contributed by atoms with Gasteiger partial charge in [0.25, 0.3) is 5.91 Å². The van der Waals surface area contributed by atoms with E-state index < -0.39 is 21.7 Å². The number of sulfonamides is 1. The van der Waals surface area contributed by atoms with Crippen LogP contribution in [0, 0.1) is 11.2 Å². The van der Waals surface area contributed by atoms with Crippen LogP contribution in [0.2, 0.25) is 0 Å². The molecule has 2 rings (SSSR count). The molecule has 1 heterocycles. The molecule has 0 radical (unpaired) electrons. The maximum Gasteiger partial charge on any atom is 0.254 e. The highest BCUT2D eigenvalue weighted by molar-refractivity contribution is 7.89. The number of benzene rings is 1. The molecule has 0 aliphatic heterocycles. The van der Waals surface area contributed by atoms with Crippen molar-refractivity contribution in [2.24, 2.45) is 5.41 Å². The van der Waals surface area contributed by atoms with Gasteiger partial charge in [-0.3, -0.25) is 4.79 Å². The van der Waals surface area contributed by atoms with Gasteiger partial charge >= 0.3 is 0 Å². The average molecular weight is 384 g/mol. The second kappa shape index (κ2) is 7.23. The zero-order chi connectivity index (χ0) is 18.8. The quantitative estimate of drug-likeness (QED) is 0.830. The van der Waals surface area contributed by atoms with Crippen LogP contribution in [0.1, 0.15) is 42.0 Å². The molecule has 5 nitrogen and oxygen atoms in total. The largest absolute Gasteiger partial charge is 0.344 e. The maximum atomic E-state index is 14.1. The summed E-state index contributed by atoms with van der Waals surface area (Å²) in [6, 6.07) is 6.61. The Kier molecular flexibility index (Phi) is 5.65. The standard InChI is InChI=1S/C17H21FN2O3S2/c1-17(2,3)15(14-6-5-9-24-14)20-16(21)12-10-11(7-8-13(12)18)25(22,23)19-4/h5-10,15,19H,1-4H3,(H,20,21). The first-order valence-electron chi connectivity index (χ1n) is 7.63. The molecule has 0 fully saturated rings. The lowest BCUT2D eigenvalue weighted by atomic mass is 9.85. The van der Waals surface area contributed by atoms with E-state index in [2.05, 4.69) is 10.0 Å². The van der Waals surface area contributed by atoms with Crippen molar-refractivity contribution in [3.63, 3.8) is 0 Å². The fourth-order valence-electron chi connectivity index (χ4n) is 2.34. The van der Waals surface area contributed by atoms with Gasteiger partial charge in [-0.05, 0) is 42.1 Å². The van der Waals surface area contributed by atoms with E-state index in [4.69, 9.17) is 0 Å². The molecule has 25 heavy (non-hydrogen) atoms. The molecule has 1 aromatic heterocycles. The van der Waals surface area contributed by atoms with Gasteiger partial charge in [-0.1, -0.05) is 26.8 Å². The molecular weight excluding hydrogens is 363 g/mol. The molecule has 0 aliphatic carbocycles. The first-order valence-corrected chi connectivity index (χ1v) is 10.00. The van der Waals surface area contributed by atoms with Gasteiger partial charge in [0.05, 0.1) is 16.5 Å². The molecule has 1 amide bonds. The number of carbonyl (C=O) groups excluding carboxylic acids is 1. The number of amides is 1. The van der Waals surface area contributed by atoms with E-state index in [0.717, 1.165) is 23.1 Å². The Morgan fingerprint density at radius 2 is 1.92 bits per heavy atom. The summed E-state index contributed by atoms with van der Waals surface area (Å²) in [4.78, 5) is 13.4. The number of nitrogens with one attached hydrogen (secondary N) is 2. The summed E-state index contributed by atoms with van der Waals surface area (Å²) in [5.41, 5.74) is -0.604. The minimum absolute atomic E-state index is 0.162. The fraction of sp³-hybridized carbons (Fsp3) is 0.353. The molecule has 0 bridgehead atoms. The van der Waals surface area contributed by atoms with Crippen molar-refractivity contribution in [3.05, 3.63) is 52.0 Å². The van der Waals surface area contributed by atoms with E-state index in [0.29, 0.717) is 0 Å². The van der Waals surface area contributed by atoms with Crippen molar-refractivity contribution >= 4 is 27.3 Å². The van der Waals surface area contributed by atoms with Crippen LogP contribution in [-0.2, 0) is 10.0 Å². The molecule has 136 valence electrons. The van der Waals surface area contributed by atoms with Crippen LogP contribution < -0.4 is 10.0 Å². The topological polar surface area (TPSA) is 75.3 Å². The molecule has 8 heteroatoms. The van der Waals surface area contributed by atoms with E-state index in [9.17, 15) is 17.6 Å². The third-order valence-electron chi connectivity index (χ3n) is 3.73. The summed E-state index contributed by atoms with van der Waals surface area (Å²) in [6.07, 6.45) is 0. The number of carbonyl (C=O) groups is 1. The Labute approximate surface area is 151 Å². The SMILES string of the molecule is CNS(=O)(=O)c1ccc(F)c(C(=O)NC(c2cccs2)C(C)(C)C)c1. The lowest BCUT2D eigenvalue weighted by Crippen LogP contribution is -2.36. The van der Waals surface area contributed by atoms with Crippen molar-refractivity contribution in [2.75, 3.05) is 7.05 Å². The maximum absolute atomic E-state index is 14.1. The lowest BCUT2D eigenvalue weighted by molar-refractivity contribution is 0.0899. The summed E-state index contributed by atoms with van der Waals surface area (Å²) in [5.74, 6) is -1.43. The van der Waals surface area contributed by atoms with Crippen LogP contribution in [0.25, 0.3) is 0 Å². The summed E-state index contributed by atoms with van der Waals surface area (Å²) < 4.78 is 40.1. The molecule has 1 atom stereocenters. The monoisotopic (exact) mass is 384 g/mol. The normalized spacial score (nSPS) is 13.5. The van der Waals surface area contributed by atoms with E-state index in [1.807, 2.05) is 38.3 Å². The second-order valence-electron chi connectivity index (χ2n) is 6.64. The summed E-state index contributed by atoms with van der Waals surface area (Å²) in [5, 5.41) is 4.73. The lowest BCUT2D eigenvalue weighted by Gasteiger charge is -2.31. The highest BCUT2D eigenvalue weighted by Crippen LogP contribution is 2.35. The summed E-state index contributed by atoms with van der Waals surface area (Å²) >= 11 is 1.50. The minimum atomic E-state index is -3.77. The van der Waals surface area contributed by atoms with E-state index in [1.165, 1.54) is 18.4 Å². The zero-order valence-corrected chi connectivity index (χ0v) is 16.1. The highest BCUT2D eigenvalue weighted by atomic mass is 32.2. The zero-order valence-electron chi connectivity index (χ0n) is 14.5. The van der Waals surface area contributed by atoms with Gasteiger partial charge < -0.3 is 5.32 Å². The third kappa shape index (κ3) is 4.45. The Hall–Kier alpha value is -1.77. The van der Waals surface area contributed by atoms with Crippen molar-refractivity contribution in [1.82, 2.24) is 10.0 Å². The van der Waals surface area contributed by atoms with Crippen LogP contribution in [0.4, 0.5) is 4.39 Å². The predicted molar refractivity (Wildman–Crippen MR) is 96.6 cm³/mol. The fourth-order valence-corrected chi connectivity index (χ4v) is 4.12.